The third kappa shape index (κ3) is 5.74. The number of hydrogen-bond donors (Lipinski definition) is 2. The summed E-state index contributed by atoms with van der Waals surface area (Å²) in [7, 11) is 1.64. The smallest absolute Gasteiger partial charge is 0.270 e. The van der Waals surface area contributed by atoms with Crippen molar-refractivity contribution in [1.82, 2.24) is 15.3 Å². The molecule has 0 saturated heterocycles. The number of carbonyl (C=O) groups is 1. The number of carbonyl (C=O) groups excluding carboxylic acids is 1. The molecule has 1 amide bonds. The Hall–Kier alpha value is -2.63. The van der Waals surface area contributed by atoms with Crippen LogP contribution in [0.15, 0.2) is 30.3 Å². The van der Waals surface area contributed by atoms with Gasteiger partial charge in [0, 0.05) is 18.3 Å². The molecule has 0 radical (unpaired) electrons. The Morgan fingerprint density at radius 2 is 1.96 bits per heavy atom. The van der Waals surface area contributed by atoms with Crippen molar-refractivity contribution in [2.24, 2.45) is 0 Å². The fraction of sp³-hybridized carbons (Fsp3) is 0.421. The van der Waals surface area contributed by atoms with Crippen LogP contribution in [0.1, 0.15) is 42.0 Å². The van der Waals surface area contributed by atoms with Gasteiger partial charge in [-0.05, 0) is 50.5 Å². The number of hydrogen-bond acceptors (Lipinski definition) is 5. The number of nitrogens with zero attached hydrogens (tertiary/aromatic N) is 2. The predicted molar refractivity (Wildman–Crippen MR) is 99.2 cm³/mol. The van der Waals surface area contributed by atoms with Crippen molar-refractivity contribution in [3.63, 3.8) is 0 Å². The number of anilines is 1. The number of methoxy groups -OCH3 is 1. The average Bonchev–Trinajstić information content (AvgIpc) is 2.61. The predicted octanol–water partition coefficient (Wildman–Crippen LogP) is 2.98. The van der Waals surface area contributed by atoms with Crippen molar-refractivity contribution in [1.29, 1.82) is 0 Å². The van der Waals surface area contributed by atoms with Gasteiger partial charge in [-0.25, -0.2) is 9.97 Å². The van der Waals surface area contributed by atoms with Gasteiger partial charge in [0.05, 0.1) is 7.11 Å². The minimum Gasteiger partial charge on any atom is -0.497 e. The second-order valence-electron chi connectivity index (χ2n) is 6.03. The first-order chi connectivity index (χ1) is 12.0. The van der Waals surface area contributed by atoms with Crippen LogP contribution in [0.25, 0.3) is 0 Å². The molecule has 1 heterocycles. The molecule has 0 aliphatic heterocycles. The molecule has 1 unspecified atom stereocenters. The molecule has 134 valence electrons. The highest BCUT2D eigenvalue weighted by molar-refractivity contribution is 5.92. The Morgan fingerprint density at radius 1 is 1.24 bits per heavy atom. The van der Waals surface area contributed by atoms with Gasteiger partial charge in [0.1, 0.15) is 11.4 Å². The second-order valence-corrected chi connectivity index (χ2v) is 6.03. The van der Waals surface area contributed by atoms with E-state index in [-0.39, 0.29) is 11.9 Å². The van der Waals surface area contributed by atoms with E-state index in [1.807, 2.05) is 31.2 Å². The second kappa shape index (κ2) is 9.01. The number of aromatic nitrogens is 2. The maximum atomic E-state index is 12.3. The Kier molecular flexibility index (Phi) is 6.74. The number of ether oxygens (including phenoxy) is 1. The molecular formula is C19H26N4O2. The van der Waals surface area contributed by atoms with E-state index in [2.05, 4.69) is 34.4 Å². The van der Waals surface area contributed by atoms with Crippen LogP contribution in [0, 0.1) is 6.92 Å². The minimum atomic E-state index is -0.189. The number of amides is 1. The van der Waals surface area contributed by atoms with Gasteiger partial charge in [0.25, 0.3) is 5.91 Å². The number of benzene rings is 1. The summed E-state index contributed by atoms with van der Waals surface area (Å²) in [6.07, 6.45) is 1.71. The molecule has 2 aromatic rings. The van der Waals surface area contributed by atoms with Gasteiger partial charge < -0.3 is 15.4 Å². The molecule has 0 aliphatic carbocycles. The first kappa shape index (κ1) is 18.7. The zero-order chi connectivity index (χ0) is 18.2. The summed E-state index contributed by atoms with van der Waals surface area (Å²) in [5, 5.41) is 6.12. The number of rotatable bonds is 8. The molecule has 1 aromatic heterocycles. The maximum Gasteiger partial charge on any atom is 0.270 e. The molecule has 0 saturated carbocycles. The lowest BCUT2D eigenvalue weighted by Gasteiger charge is -2.13. The largest absolute Gasteiger partial charge is 0.497 e. The molecule has 0 spiro atoms. The van der Waals surface area contributed by atoms with E-state index in [1.165, 1.54) is 0 Å². The molecule has 6 nitrogen and oxygen atoms in total. The molecule has 1 atom stereocenters. The van der Waals surface area contributed by atoms with Crippen molar-refractivity contribution < 1.29 is 9.53 Å². The highest BCUT2D eigenvalue weighted by Gasteiger charge is 2.11. The lowest BCUT2D eigenvalue weighted by molar-refractivity contribution is 0.0949. The van der Waals surface area contributed by atoms with Gasteiger partial charge in [0.2, 0.25) is 5.95 Å². The molecule has 1 aromatic carbocycles. The summed E-state index contributed by atoms with van der Waals surface area (Å²) in [5.74, 6) is 1.13. The van der Waals surface area contributed by atoms with Crippen LogP contribution in [-0.4, -0.2) is 35.6 Å². The van der Waals surface area contributed by atoms with E-state index in [9.17, 15) is 4.79 Å². The van der Waals surface area contributed by atoms with E-state index in [4.69, 9.17) is 4.74 Å². The quantitative estimate of drug-likeness (QED) is 0.771. The van der Waals surface area contributed by atoms with Crippen molar-refractivity contribution in [3.8, 4) is 5.75 Å². The number of aryl methyl sites for hydroxylation is 1. The molecule has 25 heavy (non-hydrogen) atoms. The first-order valence-electron chi connectivity index (χ1n) is 8.55. The van der Waals surface area contributed by atoms with Crippen LogP contribution in [0.2, 0.25) is 0 Å². The van der Waals surface area contributed by atoms with Crippen LogP contribution in [0.5, 0.6) is 5.75 Å². The standard InChI is InChI=1S/C19H26N4O2/c1-5-13(2)21-19-22-14(3)12-17(23-19)18(24)20-11-10-15-6-8-16(25-4)9-7-15/h6-9,12-13H,5,10-11H2,1-4H3,(H,20,24)(H,21,22,23). The third-order valence-corrected chi connectivity index (χ3v) is 3.93. The minimum absolute atomic E-state index is 0.189. The van der Waals surface area contributed by atoms with E-state index >= 15 is 0 Å². The van der Waals surface area contributed by atoms with Gasteiger partial charge in [-0.3, -0.25) is 4.79 Å². The Bertz CT molecular complexity index is 701. The van der Waals surface area contributed by atoms with Gasteiger partial charge in [-0.2, -0.15) is 0 Å². The fourth-order valence-electron chi connectivity index (χ4n) is 2.27. The van der Waals surface area contributed by atoms with Crippen LogP contribution < -0.4 is 15.4 Å². The van der Waals surface area contributed by atoms with Crippen molar-refractivity contribution in [2.75, 3.05) is 19.0 Å². The zero-order valence-electron chi connectivity index (χ0n) is 15.3. The average molecular weight is 342 g/mol. The Balaban J connectivity index is 1.93. The lowest BCUT2D eigenvalue weighted by atomic mass is 10.1. The van der Waals surface area contributed by atoms with Gasteiger partial charge in [-0.15, -0.1) is 0 Å². The van der Waals surface area contributed by atoms with E-state index in [0.29, 0.717) is 18.2 Å². The molecule has 0 aliphatic rings. The topological polar surface area (TPSA) is 76.1 Å². The summed E-state index contributed by atoms with van der Waals surface area (Å²) in [4.78, 5) is 21.0. The number of nitrogens with one attached hydrogen (secondary N) is 2. The summed E-state index contributed by atoms with van der Waals surface area (Å²) < 4.78 is 5.14. The molecule has 2 rings (SSSR count). The van der Waals surface area contributed by atoms with Crippen molar-refractivity contribution in [3.05, 3.63) is 47.3 Å². The monoisotopic (exact) mass is 342 g/mol. The Morgan fingerprint density at radius 3 is 2.60 bits per heavy atom. The summed E-state index contributed by atoms with van der Waals surface area (Å²) in [6.45, 7) is 6.54. The van der Waals surface area contributed by atoms with Gasteiger partial charge >= 0.3 is 0 Å². The van der Waals surface area contributed by atoms with E-state index in [0.717, 1.165) is 29.8 Å². The third-order valence-electron chi connectivity index (χ3n) is 3.93. The van der Waals surface area contributed by atoms with Gasteiger partial charge in [-0.1, -0.05) is 19.1 Å². The first-order valence-corrected chi connectivity index (χ1v) is 8.55. The van der Waals surface area contributed by atoms with E-state index < -0.39 is 0 Å². The summed E-state index contributed by atoms with van der Waals surface area (Å²) in [5.41, 5.74) is 2.29. The van der Waals surface area contributed by atoms with Crippen LogP contribution in [0.4, 0.5) is 5.95 Å². The van der Waals surface area contributed by atoms with Gasteiger partial charge in [0.15, 0.2) is 0 Å². The maximum absolute atomic E-state index is 12.3. The highest BCUT2D eigenvalue weighted by atomic mass is 16.5. The van der Waals surface area contributed by atoms with E-state index in [1.54, 1.807) is 13.2 Å². The highest BCUT2D eigenvalue weighted by Crippen LogP contribution is 2.11. The molecular weight excluding hydrogens is 316 g/mol. The van der Waals surface area contributed by atoms with Crippen molar-refractivity contribution in [2.45, 2.75) is 39.7 Å². The van der Waals surface area contributed by atoms with Crippen molar-refractivity contribution >= 4 is 11.9 Å². The lowest BCUT2D eigenvalue weighted by Crippen LogP contribution is -2.27. The molecule has 0 fully saturated rings. The van der Waals surface area contributed by atoms with Crippen LogP contribution in [0.3, 0.4) is 0 Å². The molecule has 2 N–H and O–H groups in total. The fourth-order valence-corrected chi connectivity index (χ4v) is 2.27. The molecule has 0 bridgehead atoms. The summed E-state index contributed by atoms with van der Waals surface area (Å²) in [6, 6.07) is 9.77. The zero-order valence-corrected chi connectivity index (χ0v) is 15.3. The SMILES string of the molecule is CCC(C)Nc1nc(C)cc(C(=O)NCCc2ccc(OC)cc2)n1. The van der Waals surface area contributed by atoms with Crippen LogP contribution >= 0.6 is 0 Å². The Labute approximate surface area is 149 Å². The van der Waals surface area contributed by atoms with Crippen LogP contribution in [-0.2, 0) is 6.42 Å². The molecule has 6 heteroatoms. The normalized spacial score (nSPS) is 11.7. The summed E-state index contributed by atoms with van der Waals surface area (Å²) >= 11 is 0.